The number of aromatic nitrogens is 1. The summed E-state index contributed by atoms with van der Waals surface area (Å²) in [6.45, 7) is 4.13. The number of ether oxygens (including phenoxy) is 3. The first-order valence-electron chi connectivity index (χ1n) is 12.4. The molecule has 4 aromatic rings. The first kappa shape index (κ1) is 24.5. The molecule has 1 unspecified atom stereocenters. The minimum absolute atomic E-state index is 0.0182. The summed E-state index contributed by atoms with van der Waals surface area (Å²) in [5.74, 6) is 1.94. The van der Waals surface area contributed by atoms with Crippen LogP contribution in [0, 0.1) is 0 Å². The van der Waals surface area contributed by atoms with Crippen LogP contribution in [0.5, 0.6) is 17.2 Å². The fourth-order valence-electron chi connectivity index (χ4n) is 4.46. The molecule has 1 aliphatic heterocycles. The van der Waals surface area contributed by atoms with Crippen molar-refractivity contribution in [1.29, 1.82) is 0 Å². The molecule has 0 aliphatic carbocycles. The third-order valence-electron chi connectivity index (χ3n) is 6.50. The van der Waals surface area contributed by atoms with E-state index in [9.17, 15) is 9.59 Å². The Morgan fingerprint density at radius 1 is 0.946 bits per heavy atom. The predicted molar refractivity (Wildman–Crippen MR) is 141 cm³/mol. The number of hydrogen-bond donors (Lipinski definition) is 0. The maximum atomic E-state index is 12.7. The van der Waals surface area contributed by atoms with E-state index in [0.717, 1.165) is 27.9 Å². The van der Waals surface area contributed by atoms with Crippen LogP contribution in [0.25, 0.3) is 10.9 Å². The normalized spacial score (nSPS) is 16.6. The van der Waals surface area contributed by atoms with Gasteiger partial charge in [0.15, 0.2) is 5.78 Å². The highest BCUT2D eigenvalue weighted by Gasteiger charge is 2.36. The van der Waals surface area contributed by atoms with Gasteiger partial charge in [-0.05, 0) is 62.2 Å². The van der Waals surface area contributed by atoms with Gasteiger partial charge in [-0.2, -0.15) is 0 Å². The Morgan fingerprint density at radius 2 is 1.76 bits per heavy atom. The Bertz CT molecular complexity index is 1460. The average Bonchev–Trinajstić information content (AvgIpc) is 2.89. The number of pyridine rings is 1. The molecule has 0 fully saturated rings. The molecule has 0 radical (unpaired) electrons. The third kappa shape index (κ3) is 5.97. The van der Waals surface area contributed by atoms with E-state index in [1.165, 1.54) is 0 Å². The second-order valence-electron chi connectivity index (χ2n) is 9.73. The number of para-hydroxylation sites is 1. The quantitative estimate of drug-likeness (QED) is 0.264. The minimum atomic E-state index is -0.694. The van der Waals surface area contributed by atoms with Crippen molar-refractivity contribution in [1.82, 2.24) is 4.98 Å². The Hall–Kier alpha value is -4.19. The molecule has 1 aromatic heterocycles. The number of carbonyl (C=O) groups excluding carboxylic acids is 2. The Morgan fingerprint density at radius 3 is 2.62 bits per heavy atom. The monoisotopic (exact) mass is 495 g/mol. The number of nitrogens with zero attached hydrogens (tertiary/aromatic N) is 1. The van der Waals surface area contributed by atoms with Crippen LogP contribution in [0.2, 0.25) is 0 Å². The van der Waals surface area contributed by atoms with Crippen LogP contribution >= 0.6 is 0 Å². The van der Waals surface area contributed by atoms with Gasteiger partial charge in [0.05, 0.1) is 23.2 Å². The lowest BCUT2D eigenvalue weighted by Crippen LogP contribution is -2.39. The molecule has 2 heterocycles. The van der Waals surface area contributed by atoms with Gasteiger partial charge < -0.3 is 19.0 Å². The SMILES string of the molecule is CC(=O)CCC1(C)CC(=O)c2ccc(OCc3cccc(OCc4ccc5ccccc5n4)c3)cc2O1. The number of benzene rings is 3. The van der Waals surface area contributed by atoms with Crippen LogP contribution in [0.3, 0.4) is 0 Å². The second-order valence-corrected chi connectivity index (χ2v) is 9.73. The molecule has 6 heteroatoms. The van der Waals surface area contributed by atoms with E-state index < -0.39 is 5.60 Å². The van der Waals surface area contributed by atoms with Crippen LogP contribution in [0.15, 0.2) is 78.9 Å². The van der Waals surface area contributed by atoms with Crippen molar-refractivity contribution in [3.05, 3.63) is 95.7 Å². The van der Waals surface area contributed by atoms with Gasteiger partial charge in [-0.15, -0.1) is 0 Å². The van der Waals surface area contributed by atoms with Crippen molar-refractivity contribution in [2.24, 2.45) is 0 Å². The predicted octanol–water partition coefficient (Wildman–Crippen LogP) is 6.49. The zero-order chi connectivity index (χ0) is 25.8. The van der Waals surface area contributed by atoms with Crippen molar-refractivity contribution < 1.29 is 23.8 Å². The van der Waals surface area contributed by atoms with E-state index in [1.807, 2.05) is 67.6 Å². The van der Waals surface area contributed by atoms with Crippen LogP contribution in [-0.4, -0.2) is 22.2 Å². The molecule has 0 spiro atoms. The average molecular weight is 496 g/mol. The molecule has 37 heavy (non-hydrogen) atoms. The Balaban J connectivity index is 1.22. The van der Waals surface area contributed by atoms with Gasteiger partial charge in [-0.1, -0.05) is 36.4 Å². The fraction of sp³-hybridized carbons (Fsp3) is 0.258. The summed E-state index contributed by atoms with van der Waals surface area (Å²) in [7, 11) is 0. The molecular weight excluding hydrogens is 466 g/mol. The van der Waals surface area contributed by atoms with Crippen LogP contribution in [0.1, 0.15) is 54.7 Å². The smallest absolute Gasteiger partial charge is 0.170 e. The summed E-state index contributed by atoms with van der Waals surface area (Å²) in [5, 5.41) is 1.10. The van der Waals surface area contributed by atoms with Gasteiger partial charge >= 0.3 is 0 Å². The van der Waals surface area contributed by atoms with Crippen molar-refractivity contribution in [3.63, 3.8) is 0 Å². The molecule has 3 aromatic carbocycles. The Kier molecular flexibility index (Phi) is 6.91. The summed E-state index contributed by atoms with van der Waals surface area (Å²) in [6.07, 6.45) is 1.14. The van der Waals surface area contributed by atoms with Gasteiger partial charge in [-0.25, -0.2) is 4.98 Å². The number of ketones is 2. The highest BCUT2D eigenvalue weighted by molar-refractivity contribution is 6.00. The van der Waals surface area contributed by atoms with Crippen molar-refractivity contribution in [3.8, 4) is 17.2 Å². The van der Waals surface area contributed by atoms with E-state index in [4.69, 9.17) is 14.2 Å². The first-order valence-corrected chi connectivity index (χ1v) is 12.4. The zero-order valence-corrected chi connectivity index (χ0v) is 21.0. The Labute approximate surface area is 216 Å². The summed E-state index contributed by atoms with van der Waals surface area (Å²) in [4.78, 5) is 28.8. The van der Waals surface area contributed by atoms with Crippen LogP contribution in [-0.2, 0) is 18.0 Å². The van der Waals surface area contributed by atoms with Crippen molar-refractivity contribution in [2.45, 2.75) is 51.9 Å². The number of Topliss-reactive ketones (excluding diaryl/α,β-unsaturated/α-hetero) is 2. The van der Waals surface area contributed by atoms with E-state index >= 15 is 0 Å². The van der Waals surface area contributed by atoms with Crippen molar-refractivity contribution in [2.75, 3.05) is 0 Å². The molecule has 0 N–H and O–H groups in total. The number of fused-ring (bicyclic) bond motifs is 2. The molecule has 188 valence electrons. The summed E-state index contributed by atoms with van der Waals surface area (Å²) >= 11 is 0. The van der Waals surface area contributed by atoms with Gasteiger partial charge in [0, 0.05) is 17.9 Å². The largest absolute Gasteiger partial charge is 0.489 e. The summed E-state index contributed by atoms with van der Waals surface area (Å²) < 4.78 is 18.2. The summed E-state index contributed by atoms with van der Waals surface area (Å²) in [6, 6.07) is 25.1. The van der Waals surface area contributed by atoms with Gasteiger partial charge in [-0.3, -0.25) is 4.79 Å². The third-order valence-corrected chi connectivity index (χ3v) is 6.50. The molecule has 1 aliphatic rings. The topological polar surface area (TPSA) is 74.7 Å². The van der Waals surface area contributed by atoms with E-state index in [-0.39, 0.29) is 18.0 Å². The number of rotatable bonds is 9. The van der Waals surface area contributed by atoms with Gasteiger partial charge in [0.1, 0.15) is 41.8 Å². The maximum absolute atomic E-state index is 12.7. The van der Waals surface area contributed by atoms with E-state index in [2.05, 4.69) is 4.98 Å². The molecule has 5 rings (SSSR count). The zero-order valence-electron chi connectivity index (χ0n) is 21.0. The molecular formula is C31H29NO5. The lowest BCUT2D eigenvalue weighted by atomic mass is 9.87. The highest BCUT2D eigenvalue weighted by Crippen LogP contribution is 2.38. The fourth-order valence-corrected chi connectivity index (χ4v) is 4.46. The summed E-state index contributed by atoms with van der Waals surface area (Å²) in [5.41, 5.74) is 2.61. The number of hydrogen-bond acceptors (Lipinski definition) is 6. The maximum Gasteiger partial charge on any atom is 0.170 e. The first-order chi connectivity index (χ1) is 17.9. The van der Waals surface area contributed by atoms with Gasteiger partial charge in [0.25, 0.3) is 0 Å². The molecule has 1 atom stereocenters. The number of carbonyl (C=O) groups is 2. The molecule has 0 bridgehead atoms. The highest BCUT2D eigenvalue weighted by atomic mass is 16.5. The van der Waals surface area contributed by atoms with E-state index in [0.29, 0.717) is 43.1 Å². The van der Waals surface area contributed by atoms with Crippen molar-refractivity contribution >= 4 is 22.5 Å². The van der Waals surface area contributed by atoms with Gasteiger partial charge in [0.2, 0.25) is 0 Å². The second kappa shape index (κ2) is 10.4. The van der Waals surface area contributed by atoms with Crippen LogP contribution in [0.4, 0.5) is 0 Å². The molecule has 0 saturated carbocycles. The molecule has 0 saturated heterocycles. The lowest BCUT2D eigenvalue weighted by molar-refractivity contribution is -0.118. The van der Waals surface area contributed by atoms with E-state index in [1.54, 1.807) is 25.1 Å². The lowest BCUT2D eigenvalue weighted by Gasteiger charge is -2.35. The minimum Gasteiger partial charge on any atom is -0.489 e. The molecule has 0 amide bonds. The molecule has 6 nitrogen and oxygen atoms in total. The van der Waals surface area contributed by atoms with Crippen LogP contribution < -0.4 is 14.2 Å². The standard InChI is InChI=1S/C31H29NO5/c1-21(33)14-15-31(2)18-29(34)27-13-12-26(17-30(27)37-31)35-19-22-6-5-8-25(16-22)36-20-24-11-10-23-7-3-4-9-28(23)32-24/h3-13,16-17H,14-15,18-20H2,1-2H3.